The number of benzene rings is 12. The van der Waals surface area contributed by atoms with Gasteiger partial charge in [-0.3, -0.25) is 0 Å². The average Bonchev–Trinajstić information content (AvgIpc) is 3.21. The van der Waals surface area contributed by atoms with E-state index in [1.54, 1.807) is 0 Å². The number of rotatable bonds is 3. The highest BCUT2D eigenvalue weighted by Gasteiger charge is 2.17. The van der Waals surface area contributed by atoms with Gasteiger partial charge in [0.2, 0.25) is 0 Å². The Bertz CT molecular complexity index is 3200. The lowest BCUT2D eigenvalue weighted by molar-refractivity contribution is 1.61. The monoisotopic (exact) mass is 654 g/mol. The average molecular weight is 655 g/mol. The molecule has 0 saturated heterocycles. The van der Waals surface area contributed by atoms with Crippen molar-refractivity contribution < 1.29 is 0 Å². The van der Waals surface area contributed by atoms with Crippen molar-refractivity contribution in [2.24, 2.45) is 0 Å². The van der Waals surface area contributed by atoms with Crippen molar-refractivity contribution in [1.29, 1.82) is 0 Å². The zero-order chi connectivity index (χ0) is 33.9. The summed E-state index contributed by atoms with van der Waals surface area (Å²) < 4.78 is 0. The fourth-order valence-corrected chi connectivity index (χ4v) is 9.26. The predicted molar refractivity (Wildman–Crippen MR) is 225 cm³/mol. The van der Waals surface area contributed by atoms with Gasteiger partial charge in [-0.05, 0) is 144 Å². The minimum Gasteiger partial charge on any atom is -0.0616 e. The minimum absolute atomic E-state index is 1.22. The molecule has 12 aromatic rings. The van der Waals surface area contributed by atoms with Gasteiger partial charge in [0.05, 0.1) is 0 Å². The Morgan fingerprint density at radius 2 is 0.596 bits per heavy atom. The van der Waals surface area contributed by atoms with Crippen molar-refractivity contribution in [3.63, 3.8) is 0 Å². The molecule has 0 N–H and O–H groups in total. The van der Waals surface area contributed by atoms with Crippen LogP contribution in [-0.2, 0) is 0 Å². The normalized spacial score (nSPS) is 12.2. The first-order valence-electron chi connectivity index (χ1n) is 18.2. The minimum atomic E-state index is 1.22. The number of fused-ring (bicyclic) bond motifs is 3. The van der Waals surface area contributed by atoms with Crippen LogP contribution in [0.3, 0.4) is 0 Å². The van der Waals surface area contributed by atoms with Crippen LogP contribution in [0.15, 0.2) is 182 Å². The summed E-state index contributed by atoms with van der Waals surface area (Å²) in [7, 11) is 0. The lowest BCUT2D eigenvalue weighted by Crippen LogP contribution is -1.91. The van der Waals surface area contributed by atoms with E-state index in [-0.39, 0.29) is 0 Å². The largest absolute Gasteiger partial charge is 0.0616 e. The second kappa shape index (κ2) is 10.4. The summed E-state index contributed by atoms with van der Waals surface area (Å²) in [5.74, 6) is 0. The smallest absolute Gasteiger partial charge is 0.00206 e. The fraction of sp³-hybridized carbons (Fsp3) is 0. The van der Waals surface area contributed by atoms with Crippen LogP contribution in [0.2, 0.25) is 0 Å². The van der Waals surface area contributed by atoms with E-state index in [0.717, 1.165) is 0 Å². The summed E-state index contributed by atoms with van der Waals surface area (Å²) in [5.41, 5.74) is 7.43. The molecule has 0 radical (unpaired) electrons. The van der Waals surface area contributed by atoms with Crippen molar-refractivity contribution >= 4 is 86.2 Å². The van der Waals surface area contributed by atoms with Gasteiger partial charge in [0.1, 0.15) is 0 Å². The standard InChI is InChI=1S/C52H30/c1-2-10-43-31(5-1)11-12-32-13-18-39(30-48(32)43)40-27-41(44-23-19-37-16-14-33-6-3-8-35-21-25-46(44)51(37)49(33)35)29-42(28-40)45-24-20-38-17-15-34-7-4-9-36-22-26-47(45)52(38)50(34)36/h1-30H. The summed E-state index contributed by atoms with van der Waals surface area (Å²) in [6.45, 7) is 0. The Morgan fingerprint density at radius 1 is 0.192 bits per heavy atom. The predicted octanol–water partition coefficient (Wildman–Crippen LogP) is 14.8. The van der Waals surface area contributed by atoms with E-state index >= 15 is 0 Å². The molecule has 0 aliphatic carbocycles. The van der Waals surface area contributed by atoms with Crippen LogP contribution in [0.1, 0.15) is 0 Å². The molecule has 0 atom stereocenters. The van der Waals surface area contributed by atoms with Gasteiger partial charge in [-0.25, -0.2) is 0 Å². The second-order valence-electron chi connectivity index (χ2n) is 14.5. The first kappa shape index (κ1) is 28.0. The maximum atomic E-state index is 2.43. The van der Waals surface area contributed by atoms with Crippen LogP contribution in [0.25, 0.3) is 120 Å². The second-order valence-corrected chi connectivity index (χ2v) is 14.5. The van der Waals surface area contributed by atoms with E-state index in [2.05, 4.69) is 182 Å². The third kappa shape index (κ3) is 3.92. The molecule has 12 rings (SSSR count). The molecule has 238 valence electrons. The van der Waals surface area contributed by atoms with Gasteiger partial charge >= 0.3 is 0 Å². The molecule has 0 fully saturated rings. The Kier molecular flexibility index (Phi) is 5.59. The molecule has 0 aliphatic rings. The number of hydrogen-bond acceptors (Lipinski definition) is 0. The summed E-state index contributed by atoms with van der Waals surface area (Å²) in [6.07, 6.45) is 0. The third-order valence-electron chi connectivity index (χ3n) is 11.7. The molecule has 0 spiro atoms. The molecule has 0 bridgehead atoms. The van der Waals surface area contributed by atoms with Crippen molar-refractivity contribution in [3.8, 4) is 33.4 Å². The highest BCUT2D eigenvalue weighted by atomic mass is 14.2. The van der Waals surface area contributed by atoms with Gasteiger partial charge < -0.3 is 0 Å². The van der Waals surface area contributed by atoms with Crippen LogP contribution >= 0.6 is 0 Å². The maximum absolute atomic E-state index is 2.43. The van der Waals surface area contributed by atoms with Crippen molar-refractivity contribution in [2.75, 3.05) is 0 Å². The molecule has 12 aromatic carbocycles. The Labute approximate surface area is 300 Å². The molecule has 0 aromatic heterocycles. The van der Waals surface area contributed by atoms with E-state index < -0.39 is 0 Å². The van der Waals surface area contributed by atoms with Crippen LogP contribution in [0.4, 0.5) is 0 Å². The molecular formula is C52H30. The van der Waals surface area contributed by atoms with Crippen LogP contribution in [-0.4, -0.2) is 0 Å². The summed E-state index contributed by atoms with van der Waals surface area (Å²) in [6, 6.07) is 68.4. The Balaban J connectivity index is 1.17. The van der Waals surface area contributed by atoms with Gasteiger partial charge in [0, 0.05) is 0 Å². The lowest BCUT2D eigenvalue weighted by Gasteiger charge is -2.18. The van der Waals surface area contributed by atoms with Gasteiger partial charge in [-0.1, -0.05) is 158 Å². The lowest BCUT2D eigenvalue weighted by atomic mass is 9.86. The molecule has 0 unspecified atom stereocenters. The first-order chi connectivity index (χ1) is 25.7. The fourth-order valence-electron chi connectivity index (χ4n) is 9.26. The first-order valence-corrected chi connectivity index (χ1v) is 18.2. The molecule has 0 heterocycles. The van der Waals surface area contributed by atoms with Gasteiger partial charge in [-0.15, -0.1) is 0 Å². The number of hydrogen-bond donors (Lipinski definition) is 0. The van der Waals surface area contributed by atoms with Gasteiger partial charge in [0.25, 0.3) is 0 Å². The molecule has 0 amide bonds. The zero-order valence-corrected chi connectivity index (χ0v) is 28.3. The summed E-state index contributed by atoms with van der Waals surface area (Å²) in [4.78, 5) is 0. The summed E-state index contributed by atoms with van der Waals surface area (Å²) >= 11 is 0. The Morgan fingerprint density at radius 3 is 1.17 bits per heavy atom. The molecule has 0 nitrogen and oxygen atoms in total. The van der Waals surface area contributed by atoms with Crippen molar-refractivity contribution in [2.45, 2.75) is 0 Å². The zero-order valence-electron chi connectivity index (χ0n) is 28.3. The van der Waals surface area contributed by atoms with Crippen LogP contribution in [0, 0.1) is 0 Å². The highest BCUT2D eigenvalue weighted by molar-refractivity contribution is 6.27. The van der Waals surface area contributed by atoms with E-state index in [0.29, 0.717) is 0 Å². The maximum Gasteiger partial charge on any atom is -0.00206 e. The van der Waals surface area contributed by atoms with Crippen LogP contribution < -0.4 is 0 Å². The molecular weight excluding hydrogens is 625 g/mol. The third-order valence-corrected chi connectivity index (χ3v) is 11.7. The van der Waals surface area contributed by atoms with E-state index in [1.807, 2.05) is 0 Å². The van der Waals surface area contributed by atoms with E-state index in [1.165, 1.54) is 120 Å². The summed E-state index contributed by atoms with van der Waals surface area (Å²) in [5, 5.41) is 20.8. The molecule has 0 aliphatic heterocycles. The van der Waals surface area contributed by atoms with Gasteiger partial charge in [0.15, 0.2) is 0 Å². The Hall–Kier alpha value is -6.76. The van der Waals surface area contributed by atoms with Crippen LogP contribution in [0.5, 0.6) is 0 Å². The molecule has 0 heteroatoms. The molecule has 0 saturated carbocycles. The SMILES string of the molecule is c1ccc2c(c1)ccc1ccc(-c3cc(-c4ccc5ccc6cccc7ccc4c5c67)cc(-c4ccc5ccc6cccc7ccc4c5c67)c3)cc12. The molecule has 52 heavy (non-hydrogen) atoms. The van der Waals surface area contributed by atoms with E-state index in [4.69, 9.17) is 0 Å². The highest BCUT2D eigenvalue weighted by Crippen LogP contribution is 2.44. The van der Waals surface area contributed by atoms with Crippen molar-refractivity contribution in [1.82, 2.24) is 0 Å². The van der Waals surface area contributed by atoms with E-state index in [9.17, 15) is 0 Å². The quantitative estimate of drug-likeness (QED) is 0.166. The van der Waals surface area contributed by atoms with Gasteiger partial charge in [-0.2, -0.15) is 0 Å². The van der Waals surface area contributed by atoms with Crippen molar-refractivity contribution in [3.05, 3.63) is 182 Å². The topological polar surface area (TPSA) is 0 Å².